The Labute approximate surface area is 192 Å². The first-order valence-corrected chi connectivity index (χ1v) is 10.9. The molecule has 0 bridgehead atoms. The third kappa shape index (κ3) is 3.60. The van der Waals surface area contributed by atoms with E-state index in [9.17, 15) is 0 Å². The van der Waals surface area contributed by atoms with E-state index in [-0.39, 0.29) is 12.1 Å². The van der Waals surface area contributed by atoms with E-state index in [4.69, 9.17) is 23.8 Å². The van der Waals surface area contributed by atoms with Crippen molar-refractivity contribution in [1.82, 2.24) is 14.9 Å². The Morgan fingerprint density at radius 3 is 2.45 bits per heavy atom. The molecule has 2 atom stereocenters. The molecule has 0 saturated carbocycles. The van der Waals surface area contributed by atoms with Crippen LogP contribution in [-0.4, -0.2) is 14.7 Å². The number of thiocarbonyl (C=S) groups is 1. The summed E-state index contributed by atoms with van der Waals surface area (Å²) in [4.78, 5) is 6.80. The second-order valence-electron chi connectivity index (χ2n) is 7.56. The molecule has 0 aliphatic carbocycles. The minimum Gasteiger partial charge on any atom is -0.351 e. The Balaban J connectivity index is 1.68. The first-order valence-electron chi connectivity index (χ1n) is 10.1. The van der Waals surface area contributed by atoms with Crippen LogP contribution in [0.2, 0.25) is 5.02 Å². The number of rotatable bonds is 4. The molecule has 154 valence electrons. The van der Waals surface area contributed by atoms with Crippen LogP contribution in [0.4, 0.5) is 5.69 Å². The zero-order chi connectivity index (χ0) is 21.4. The molecule has 1 fully saturated rings. The monoisotopic (exact) mass is 444 g/mol. The van der Waals surface area contributed by atoms with Crippen molar-refractivity contribution in [2.75, 3.05) is 4.90 Å². The van der Waals surface area contributed by atoms with Crippen LogP contribution in [0.1, 0.15) is 29.0 Å². The van der Waals surface area contributed by atoms with E-state index in [0.717, 1.165) is 22.8 Å². The van der Waals surface area contributed by atoms with Crippen LogP contribution in [0.25, 0.3) is 5.69 Å². The maximum atomic E-state index is 6.16. The van der Waals surface area contributed by atoms with Crippen LogP contribution in [-0.2, 0) is 0 Å². The van der Waals surface area contributed by atoms with Crippen LogP contribution in [0.5, 0.6) is 0 Å². The van der Waals surface area contributed by atoms with Gasteiger partial charge in [0.1, 0.15) is 6.04 Å². The Bertz CT molecular complexity index is 1220. The largest absolute Gasteiger partial charge is 0.351 e. The average Bonchev–Trinajstić information content (AvgIpc) is 3.39. The highest BCUT2D eigenvalue weighted by molar-refractivity contribution is 7.80. The fraction of sp³-hybridized carbons (Fsp3) is 0.120. The summed E-state index contributed by atoms with van der Waals surface area (Å²) in [6.45, 7) is 2.13. The Hall–Kier alpha value is -3.15. The lowest BCUT2D eigenvalue weighted by Crippen LogP contribution is -2.30. The second kappa shape index (κ2) is 8.17. The van der Waals surface area contributed by atoms with E-state index >= 15 is 0 Å². The molecule has 4 nitrogen and oxygen atoms in total. The van der Waals surface area contributed by atoms with Crippen molar-refractivity contribution < 1.29 is 0 Å². The van der Waals surface area contributed by atoms with Crippen LogP contribution in [0, 0.1) is 6.92 Å². The summed E-state index contributed by atoms with van der Waals surface area (Å²) in [5.41, 5.74) is 5.43. The van der Waals surface area contributed by atoms with Gasteiger partial charge in [0, 0.05) is 34.5 Å². The molecular weight excluding hydrogens is 424 g/mol. The number of aromatic nitrogens is 2. The minimum atomic E-state index is -0.0953. The van der Waals surface area contributed by atoms with Crippen molar-refractivity contribution in [2.45, 2.75) is 19.0 Å². The van der Waals surface area contributed by atoms with Crippen molar-refractivity contribution >= 4 is 34.6 Å². The predicted molar refractivity (Wildman–Crippen MR) is 130 cm³/mol. The number of para-hydroxylation sites is 1. The van der Waals surface area contributed by atoms with Gasteiger partial charge < -0.3 is 14.8 Å². The summed E-state index contributed by atoms with van der Waals surface area (Å²) in [7, 11) is 0. The van der Waals surface area contributed by atoms with Crippen LogP contribution in [0.15, 0.2) is 91.3 Å². The maximum Gasteiger partial charge on any atom is 0.174 e. The summed E-state index contributed by atoms with van der Waals surface area (Å²) < 4.78 is 2.24. The summed E-state index contributed by atoms with van der Waals surface area (Å²) in [5, 5.41) is 4.88. The van der Waals surface area contributed by atoms with Gasteiger partial charge in [-0.15, -0.1) is 0 Å². The van der Waals surface area contributed by atoms with Gasteiger partial charge in [-0.25, -0.2) is 0 Å². The minimum absolute atomic E-state index is 0.0850. The molecule has 0 amide bonds. The van der Waals surface area contributed by atoms with Crippen LogP contribution >= 0.6 is 23.8 Å². The molecule has 1 aliphatic heterocycles. The third-order valence-electron chi connectivity index (χ3n) is 5.66. The molecular formula is C25H21ClN4S. The predicted octanol–water partition coefficient (Wildman–Crippen LogP) is 6.01. The highest BCUT2D eigenvalue weighted by Gasteiger charge is 2.42. The number of nitrogens with zero attached hydrogens (tertiary/aromatic N) is 3. The number of anilines is 1. The van der Waals surface area contributed by atoms with Crippen LogP contribution in [0.3, 0.4) is 0 Å². The Kier molecular flexibility index (Phi) is 5.22. The molecule has 6 heteroatoms. The summed E-state index contributed by atoms with van der Waals surface area (Å²) in [6.07, 6.45) is 3.93. The van der Waals surface area contributed by atoms with Crippen molar-refractivity contribution in [1.29, 1.82) is 0 Å². The van der Waals surface area contributed by atoms with Crippen molar-refractivity contribution in [2.24, 2.45) is 0 Å². The maximum absolute atomic E-state index is 6.16. The van der Waals surface area contributed by atoms with E-state index in [2.05, 4.69) is 69.3 Å². The molecule has 0 radical (unpaired) electrons. The molecule has 0 spiro atoms. The smallest absolute Gasteiger partial charge is 0.174 e. The van der Waals surface area contributed by atoms with Gasteiger partial charge in [-0.05, 0) is 79.3 Å². The van der Waals surface area contributed by atoms with Gasteiger partial charge in [-0.3, -0.25) is 4.98 Å². The number of benzene rings is 2. The topological polar surface area (TPSA) is 33.1 Å². The Morgan fingerprint density at radius 2 is 1.71 bits per heavy atom. The zero-order valence-corrected chi connectivity index (χ0v) is 18.5. The molecule has 1 saturated heterocycles. The number of nitrogens with one attached hydrogen (secondary N) is 1. The molecule has 5 rings (SSSR count). The molecule has 31 heavy (non-hydrogen) atoms. The van der Waals surface area contributed by atoms with Gasteiger partial charge in [0.2, 0.25) is 0 Å². The van der Waals surface area contributed by atoms with E-state index in [1.54, 1.807) is 0 Å². The van der Waals surface area contributed by atoms with Gasteiger partial charge >= 0.3 is 0 Å². The van der Waals surface area contributed by atoms with Crippen molar-refractivity contribution in [3.8, 4) is 5.69 Å². The van der Waals surface area contributed by atoms with Crippen LogP contribution < -0.4 is 10.2 Å². The van der Waals surface area contributed by atoms with Gasteiger partial charge in [-0.1, -0.05) is 35.9 Å². The lowest BCUT2D eigenvalue weighted by molar-refractivity contribution is 0.549. The van der Waals surface area contributed by atoms with E-state index in [1.807, 2.05) is 48.7 Å². The first kappa shape index (κ1) is 19.8. The molecule has 1 N–H and O–H groups in total. The van der Waals surface area contributed by atoms with Gasteiger partial charge in [0.15, 0.2) is 5.11 Å². The summed E-state index contributed by atoms with van der Waals surface area (Å²) in [6, 6.07) is 26.2. The second-order valence-corrected chi connectivity index (χ2v) is 8.39. The lowest BCUT2D eigenvalue weighted by atomic mass is 10.0. The van der Waals surface area contributed by atoms with Crippen molar-refractivity contribution in [3.05, 3.63) is 113 Å². The fourth-order valence-electron chi connectivity index (χ4n) is 4.22. The quantitative estimate of drug-likeness (QED) is 0.391. The van der Waals surface area contributed by atoms with Gasteiger partial charge in [0.25, 0.3) is 0 Å². The molecule has 1 aliphatic rings. The first-order chi connectivity index (χ1) is 15.1. The number of hydrogen-bond acceptors (Lipinski definition) is 2. The summed E-state index contributed by atoms with van der Waals surface area (Å²) in [5.74, 6) is 0. The Morgan fingerprint density at radius 1 is 0.935 bits per heavy atom. The highest BCUT2D eigenvalue weighted by atomic mass is 35.5. The van der Waals surface area contributed by atoms with E-state index in [0.29, 0.717) is 10.1 Å². The van der Waals surface area contributed by atoms with Gasteiger partial charge in [0.05, 0.1) is 11.7 Å². The van der Waals surface area contributed by atoms with E-state index in [1.165, 1.54) is 5.56 Å². The number of halogens is 1. The molecule has 2 aromatic carbocycles. The SMILES string of the molecule is Cc1ccccc1-n1cccc1[C@@H]1[C@H](c2ccccn2)NC(=S)N1c1ccc(Cl)cc1. The standard InChI is InChI=1S/C25H21ClN4S/c1-17-7-2-3-9-21(17)29-16-6-10-22(29)24-23(20-8-4-5-15-27-20)28-25(31)30(24)19-13-11-18(26)12-14-19/h2-16,23-24H,1H3,(H,28,31)/t23-,24+/m0/s1. The highest BCUT2D eigenvalue weighted by Crippen LogP contribution is 2.42. The average molecular weight is 445 g/mol. The molecule has 3 heterocycles. The summed E-state index contributed by atoms with van der Waals surface area (Å²) >= 11 is 12.0. The molecule has 0 unspecified atom stereocenters. The van der Waals surface area contributed by atoms with E-state index < -0.39 is 0 Å². The number of aryl methyl sites for hydroxylation is 1. The zero-order valence-electron chi connectivity index (χ0n) is 16.9. The number of hydrogen-bond donors (Lipinski definition) is 1. The normalized spacial score (nSPS) is 18.3. The van der Waals surface area contributed by atoms with Crippen molar-refractivity contribution in [3.63, 3.8) is 0 Å². The number of pyridine rings is 1. The fourth-order valence-corrected chi connectivity index (χ4v) is 4.70. The molecule has 4 aromatic rings. The molecule has 2 aromatic heterocycles. The third-order valence-corrected chi connectivity index (χ3v) is 6.23. The lowest BCUT2D eigenvalue weighted by Gasteiger charge is -2.29. The van der Waals surface area contributed by atoms with Gasteiger partial charge in [-0.2, -0.15) is 0 Å².